The number of ether oxygens (including phenoxy) is 1. The summed E-state index contributed by atoms with van der Waals surface area (Å²) in [6, 6.07) is 3.91. The van der Waals surface area contributed by atoms with E-state index in [1.807, 2.05) is 12.1 Å². The molecule has 3 heteroatoms. The number of fused-ring (bicyclic) bond motifs is 5. The Bertz CT molecular complexity index is 719. The van der Waals surface area contributed by atoms with E-state index in [4.69, 9.17) is 11.2 Å². The summed E-state index contributed by atoms with van der Waals surface area (Å²) in [6.07, 6.45) is 11.6. The van der Waals surface area contributed by atoms with Gasteiger partial charge in [-0.1, -0.05) is 12.8 Å². The molecular formula is C21H26O3. The first kappa shape index (κ1) is 15.8. The quantitative estimate of drug-likeness (QED) is 0.775. The van der Waals surface area contributed by atoms with Gasteiger partial charge in [0.25, 0.3) is 0 Å². The lowest BCUT2D eigenvalue weighted by Crippen LogP contribution is -2.50. The Balaban J connectivity index is 1.72. The summed E-state index contributed by atoms with van der Waals surface area (Å²) in [7, 11) is 1.60. The smallest absolute Gasteiger partial charge is 0.160 e. The molecule has 0 radical (unpaired) electrons. The van der Waals surface area contributed by atoms with Gasteiger partial charge in [0.15, 0.2) is 11.5 Å². The van der Waals surface area contributed by atoms with Crippen molar-refractivity contribution >= 4 is 0 Å². The van der Waals surface area contributed by atoms with Crippen LogP contribution in [-0.4, -0.2) is 22.9 Å². The maximum Gasteiger partial charge on any atom is 0.160 e. The summed E-state index contributed by atoms with van der Waals surface area (Å²) in [4.78, 5) is 0. The van der Waals surface area contributed by atoms with Gasteiger partial charge in [0.2, 0.25) is 0 Å². The molecule has 5 atom stereocenters. The molecule has 0 heterocycles. The van der Waals surface area contributed by atoms with E-state index in [1.54, 1.807) is 7.11 Å². The summed E-state index contributed by atoms with van der Waals surface area (Å²) in [5, 5.41) is 21.2. The van der Waals surface area contributed by atoms with E-state index in [2.05, 4.69) is 12.8 Å². The Hall–Kier alpha value is -1.66. The van der Waals surface area contributed by atoms with Crippen LogP contribution in [-0.2, 0) is 6.42 Å². The maximum atomic E-state index is 11.0. The monoisotopic (exact) mass is 326 g/mol. The molecule has 0 unspecified atom stereocenters. The first-order valence-corrected chi connectivity index (χ1v) is 9.03. The molecule has 0 bridgehead atoms. The summed E-state index contributed by atoms with van der Waals surface area (Å²) in [5.74, 6) is 4.99. The van der Waals surface area contributed by atoms with Crippen molar-refractivity contribution < 1.29 is 14.9 Å². The number of aryl methyl sites for hydroxylation is 1. The zero-order chi connectivity index (χ0) is 17.1. The van der Waals surface area contributed by atoms with Gasteiger partial charge in [-0.05, 0) is 79.5 Å². The number of methoxy groups -OCH3 is 1. The van der Waals surface area contributed by atoms with Crippen LogP contribution in [0.25, 0.3) is 0 Å². The van der Waals surface area contributed by atoms with Crippen molar-refractivity contribution in [2.24, 2.45) is 17.3 Å². The first-order valence-electron chi connectivity index (χ1n) is 9.03. The third-order valence-corrected chi connectivity index (χ3v) is 7.41. The van der Waals surface area contributed by atoms with Crippen molar-refractivity contribution in [2.45, 2.75) is 57.0 Å². The summed E-state index contributed by atoms with van der Waals surface area (Å²) in [6.45, 7) is 2.20. The highest BCUT2D eigenvalue weighted by molar-refractivity contribution is 5.49. The highest BCUT2D eigenvalue weighted by Gasteiger charge is 2.61. The van der Waals surface area contributed by atoms with Crippen LogP contribution in [0.4, 0.5) is 0 Å². The van der Waals surface area contributed by atoms with Crippen LogP contribution in [0.2, 0.25) is 0 Å². The third kappa shape index (κ3) is 1.90. The molecule has 24 heavy (non-hydrogen) atoms. The lowest BCUT2D eigenvalue weighted by atomic mass is 9.53. The summed E-state index contributed by atoms with van der Waals surface area (Å²) >= 11 is 0. The molecule has 4 rings (SSSR count). The topological polar surface area (TPSA) is 49.7 Å². The van der Waals surface area contributed by atoms with Crippen molar-refractivity contribution in [1.82, 2.24) is 0 Å². The Kier molecular flexibility index (Phi) is 3.41. The fourth-order valence-corrected chi connectivity index (χ4v) is 6.00. The number of rotatable bonds is 1. The molecule has 0 saturated heterocycles. The normalized spacial score (nSPS) is 40.2. The minimum absolute atomic E-state index is 0.172. The van der Waals surface area contributed by atoms with Crippen molar-refractivity contribution in [3.8, 4) is 23.8 Å². The van der Waals surface area contributed by atoms with E-state index in [1.165, 1.54) is 11.1 Å². The number of phenolic OH excluding ortho intramolecular Hbond substituents is 1. The largest absolute Gasteiger partial charge is 0.504 e. The average molecular weight is 326 g/mol. The maximum absolute atomic E-state index is 11.0. The second kappa shape index (κ2) is 5.17. The number of hydrogen-bond acceptors (Lipinski definition) is 3. The first-order chi connectivity index (χ1) is 11.4. The molecule has 3 aliphatic rings. The Morgan fingerprint density at radius 3 is 2.75 bits per heavy atom. The highest BCUT2D eigenvalue weighted by atomic mass is 16.5. The number of phenols is 1. The van der Waals surface area contributed by atoms with Gasteiger partial charge in [-0.15, -0.1) is 6.42 Å². The SMILES string of the molecule is C#C[C@@]1(O)CC[C@@H]2[C@H]3CCc4cc(OC)c(O)cc4[C@@H]3CC[C@]21C. The summed E-state index contributed by atoms with van der Waals surface area (Å²) < 4.78 is 5.27. The predicted molar refractivity (Wildman–Crippen MR) is 93.1 cm³/mol. The van der Waals surface area contributed by atoms with Gasteiger partial charge in [0.1, 0.15) is 5.60 Å². The average Bonchev–Trinajstić information content (AvgIpc) is 2.86. The van der Waals surface area contributed by atoms with E-state index >= 15 is 0 Å². The number of hydrogen-bond donors (Lipinski definition) is 2. The zero-order valence-electron chi connectivity index (χ0n) is 14.5. The lowest BCUT2D eigenvalue weighted by Gasteiger charge is -2.52. The minimum Gasteiger partial charge on any atom is -0.504 e. The summed E-state index contributed by atoms with van der Waals surface area (Å²) in [5.41, 5.74) is 1.46. The molecule has 0 aromatic heterocycles. The van der Waals surface area contributed by atoms with Crippen molar-refractivity contribution in [2.75, 3.05) is 7.11 Å². The van der Waals surface area contributed by atoms with Crippen LogP contribution in [0.5, 0.6) is 11.5 Å². The van der Waals surface area contributed by atoms with Crippen LogP contribution in [0.3, 0.4) is 0 Å². The van der Waals surface area contributed by atoms with Crippen molar-refractivity contribution in [3.63, 3.8) is 0 Å². The fraction of sp³-hybridized carbons (Fsp3) is 0.619. The standard InChI is InChI=1S/C21H26O3/c1-4-21(23)10-8-17-15-6-5-13-11-19(24-3)18(22)12-16(13)14(15)7-9-20(17,21)2/h1,11-12,14-15,17,22-23H,5-10H2,2-3H3/t14-,15+,17-,20-,21-/m1/s1. The number of aliphatic hydroxyl groups is 1. The van der Waals surface area contributed by atoms with Crippen molar-refractivity contribution in [1.29, 1.82) is 0 Å². The van der Waals surface area contributed by atoms with Crippen LogP contribution in [0, 0.1) is 29.6 Å². The fourth-order valence-electron chi connectivity index (χ4n) is 6.00. The van der Waals surface area contributed by atoms with E-state index in [9.17, 15) is 10.2 Å². The lowest BCUT2D eigenvalue weighted by molar-refractivity contribution is -0.0647. The van der Waals surface area contributed by atoms with E-state index in [-0.39, 0.29) is 11.2 Å². The second-order valence-corrected chi connectivity index (χ2v) is 8.14. The van der Waals surface area contributed by atoms with Crippen LogP contribution in [0.15, 0.2) is 12.1 Å². The predicted octanol–water partition coefficient (Wildman–Crippen LogP) is 3.62. The molecule has 2 saturated carbocycles. The molecule has 2 fully saturated rings. The van der Waals surface area contributed by atoms with Gasteiger partial charge >= 0.3 is 0 Å². The van der Waals surface area contributed by atoms with E-state index in [0.29, 0.717) is 29.9 Å². The van der Waals surface area contributed by atoms with Crippen molar-refractivity contribution in [3.05, 3.63) is 23.3 Å². The number of aromatic hydroxyl groups is 1. The Morgan fingerprint density at radius 1 is 1.25 bits per heavy atom. The van der Waals surface area contributed by atoms with Crippen LogP contribution >= 0.6 is 0 Å². The molecule has 3 aliphatic carbocycles. The van der Waals surface area contributed by atoms with Crippen LogP contribution in [0.1, 0.15) is 56.1 Å². The van der Waals surface area contributed by atoms with Gasteiger partial charge < -0.3 is 14.9 Å². The van der Waals surface area contributed by atoms with E-state index < -0.39 is 5.60 Å². The highest BCUT2D eigenvalue weighted by Crippen LogP contribution is 2.64. The van der Waals surface area contributed by atoms with Gasteiger partial charge in [0.05, 0.1) is 7.11 Å². The Labute approximate surface area is 144 Å². The van der Waals surface area contributed by atoms with Gasteiger partial charge in [0, 0.05) is 5.41 Å². The van der Waals surface area contributed by atoms with Gasteiger partial charge in [-0.3, -0.25) is 0 Å². The molecule has 0 amide bonds. The molecule has 3 nitrogen and oxygen atoms in total. The molecular weight excluding hydrogens is 300 g/mol. The molecule has 128 valence electrons. The molecule has 0 spiro atoms. The molecule has 2 N–H and O–H groups in total. The third-order valence-electron chi connectivity index (χ3n) is 7.41. The number of benzene rings is 1. The van der Waals surface area contributed by atoms with E-state index in [0.717, 1.165) is 32.1 Å². The molecule has 1 aromatic carbocycles. The number of terminal acetylenes is 1. The second-order valence-electron chi connectivity index (χ2n) is 8.14. The molecule has 1 aromatic rings. The van der Waals surface area contributed by atoms with Gasteiger partial charge in [-0.25, -0.2) is 0 Å². The van der Waals surface area contributed by atoms with Gasteiger partial charge in [-0.2, -0.15) is 0 Å². The Morgan fingerprint density at radius 2 is 2.04 bits per heavy atom. The minimum atomic E-state index is -0.953. The zero-order valence-corrected chi connectivity index (χ0v) is 14.5. The molecule has 0 aliphatic heterocycles. The van der Waals surface area contributed by atoms with Crippen LogP contribution < -0.4 is 4.74 Å².